The highest BCUT2D eigenvalue weighted by Crippen LogP contribution is 2.31. The molecule has 3 nitrogen and oxygen atoms in total. The van der Waals surface area contributed by atoms with Gasteiger partial charge >= 0.3 is 0 Å². The molecule has 1 aromatic rings. The lowest BCUT2D eigenvalue weighted by Crippen LogP contribution is -2.49. The van der Waals surface area contributed by atoms with Crippen molar-refractivity contribution in [3.8, 4) is 0 Å². The maximum absolute atomic E-state index is 11.5. The number of amides is 1. The highest BCUT2D eigenvalue weighted by molar-refractivity contribution is 5.81. The fourth-order valence-electron chi connectivity index (χ4n) is 2.63. The molecule has 0 radical (unpaired) electrons. The maximum atomic E-state index is 11.5. The van der Waals surface area contributed by atoms with Gasteiger partial charge in [0, 0.05) is 5.92 Å². The molecule has 16 heavy (non-hydrogen) atoms. The second kappa shape index (κ2) is 4.66. The van der Waals surface area contributed by atoms with Crippen LogP contribution in [0.4, 0.5) is 0 Å². The van der Waals surface area contributed by atoms with E-state index in [0.717, 1.165) is 19.4 Å². The second-order valence-electron chi connectivity index (χ2n) is 4.49. The number of nitrogens with zero attached hydrogens (tertiary/aromatic N) is 1. The topological polar surface area (TPSA) is 46.3 Å². The molecule has 1 unspecified atom stereocenters. The van der Waals surface area contributed by atoms with Crippen molar-refractivity contribution < 1.29 is 4.79 Å². The summed E-state index contributed by atoms with van der Waals surface area (Å²) >= 11 is 0. The van der Waals surface area contributed by atoms with E-state index >= 15 is 0 Å². The molecule has 2 N–H and O–H groups in total. The highest BCUT2D eigenvalue weighted by atomic mass is 16.1. The smallest absolute Gasteiger partial charge is 0.235 e. The number of benzene rings is 1. The SMILES string of the molecule is CN1CCCC(c2ccccc2)[C@H]1C(N)=O. The molecular weight excluding hydrogens is 200 g/mol. The Bertz CT molecular complexity index is 363. The van der Waals surface area contributed by atoms with E-state index in [9.17, 15) is 4.79 Å². The van der Waals surface area contributed by atoms with Gasteiger partial charge in [0.15, 0.2) is 0 Å². The number of carbonyl (C=O) groups is 1. The molecule has 1 aromatic carbocycles. The van der Waals surface area contributed by atoms with Crippen LogP contribution in [-0.2, 0) is 4.79 Å². The number of primary amides is 1. The van der Waals surface area contributed by atoms with Crippen LogP contribution in [0.25, 0.3) is 0 Å². The summed E-state index contributed by atoms with van der Waals surface area (Å²) in [6.07, 6.45) is 2.17. The number of nitrogens with two attached hydrogens (primary N) is 1. The summed E-state index contributed by atoms with van der Waals surface area (Å²) in [5.41, 5.74) is 6.72. The van der Waals surface area contributed by atoms with Crippen molar-refractivity contribution in [1.29, 1.82) is 0 Å². The molecule has 0 bridgehead atoms. The second-order valence-corrected chi connectivity index (χ2v) is 4.49. The van der Waals surface area contributed by atoms with Crippen LogP contribution in [0.2, 0.25) is 0 Å². The molecule has 1 saturated heterocycles. The van der Waals surface area contributed by atoms with Crippen molar-refractivity contribution in [2.45, 2.75) is 24.8 Å². The molecule has 0 spiro atoms. The minimum Gasteiger partial charge on any atom is -0.368 e. The van der Waals surface area contributed by atoms with E-state index in [2.05, 4.69) is 17.0 Å². The lowest BCUT2D eigenvalue weighted by atomic mass is 9.83. The fourth-order valence-corrected chi connectivity index (χ4v) is 2.63. The Hall–Kier alpha value is -1.35. The Morgan fingerprint density at radius 1 is 1.38 bits per heavy atom. The van der Waals surface area contributed by atoms with Gasteiger partial charge in [-0.2, -0.15) is 0 Å². The van der Waals surface area contributed by atoms with Gasteiger partial charge in [0.2, 0.25) is 5.91 Å². The zero-order chi connectivity index (χ0) is 11.5. The molecule has 1 aliphatic heterocycles. The van der Waals surface area contributed by atoms with Crippen LogP contribution in [0.3, 0.4) is 0 Å². The first kappa shape index (κ1) is 11.1. The van der Waals surface area contributed by atoms with Gasteiger partial charge in [-0.3, -0.25) is 9.69 Å². The fraction of sp³-hybridized carbons (Fsp3) is 0.462. The van der Waals surface area contributed by atoms with E-state index in [1.807, 2.05) is 25.2 Å². The third-order valence-corrected chi connectivity index (χ3v) is 3.40. The average molecular weight is 218 g/mol. The first-order valence-electron chi connectivity index (χ1n) is 5.74. The van der Waals surface area contributed by atoms with Crippen LogP contribution in [0.15, 0.2) is 30.3 Å². The lowest BCUT2D eigenvalue weighted by Gasteiger charge is -2.37. The Kier molecular flexibility index (Phi) is 3.25. The molecule has 0 saturated carbocycles. The van der Waals surface area contributed by atoms with Crippen LogP contribution in [0.1, 0.15) is 24.3 Å². The predicted octanol–water partition coefficient (Wildman–Crippen LogP) is 1.35. The van der Waals surface area contributed by atoms with E-state index in [4.69, 9.17) is 5.73 Å². The zero-order valence-corrected chi connectivity index (χ0v) is 9.60. The minimum atomic E-state index is -0.212. The van der Waals surface area contributed by atoms with Crippen LogP contribution in [0.5, 0.6) is 0 Å². The first-order chi connectivity index (χ1) is 7.70. The van der Waals surface area contributed by atoms with Crippen molar-refractivity contribution in [3.63, 3.8) is 0 Å². The van der Waals surface area contributed by atoms with E-state index in [0.29, 0.717) is 0 Å². The molecule has 0 aromatic heterocycles. The number of likely N-dealkylation sites (N-methyl/N-ethyl adjacent to an activating group) is 1. The van der Waals surface area contributed by atoms with Crippen LogP contribution >= 0.6 is 0 Å². The molecule has 3 heteroatoms. The predicted molar refractivity (Wildman–Crippen MR) is 64.0 cm³/mol. The third kappa shape index (κ3) is 2.09. The zero-order valence-electron chi connectivity index (χ0n) is 9.60. The third-order valence-electron chi connectivity index (χ3n) is 3.40. The van der Waals surface area contributed by atoms with Gasteiger partial charge in [-0.05, 0) is 32.0 Å². The summed E-state index contributed by atoms with van der Waals surface area (Å²) < 4.78 is 0. The van der Waals surface area contributed by atoms with E-state index in [1.165, 1.54) is 5.56 Å². The molecule has 1 fully saturated rings. The molecule has 2 rings (SSSR count). The Morgan fingerprint density at radius 3 is 2.69 bits per heavy atom. The standard InChI is InChI=1S/C13H18N2O/c1-15-9-5-8-11(12(15)13(14)16)10-6-3-2-4-7-10/h2-4,6-7,11-12H,5,8-9H2,1H3,(H2,14,16)/t11?,12-/m0/s1. The van der Waals surface area contributed by atoms with Crippen LogP contribution in [0, 0.1) is 0 Å². The summed E-state index contributed by atoms with van der Waals surface area (Å²) in [4.78, 5) is 13.6. The van der Waals surface area contributed by atoms with Crippen molar-refractivity contribution >= 4 is 5.91 Å². The Balaban J connectivity index is 2.27. The molecule has 0 aliphatic carbocycles. The highest BCUT2D eigenvalue weighted by Gasteiger charge is 2.34. The quantitative estimate of drug-likeness (QED) is 0.814. The monoisotopic (exact) mass is 218 g/mol. The minimum absolute atomic E-state index is 0.156. The lowest BCUT2D eigenvalue weighted by molar-refractivity contribution is -0.124. The number of carbonyl (C=O) groups excluding carboxylic acids is 1. The number of hydrogen-bond acceptors (Lipinski definition) is 2. The average Bonchev–Trinajstić information content (AvgIpc) is 2.29. The summed E-state index contributed by atoms with van der Waals surface area (Å²) in [6, 6.07) is 10.0. The summed E-state index contributed by atoms with van der Waals surface area (Å²) in [5, 5.41) is 0. The van der Waals surface area contributed by atoms with Gasteiger partial charge < -0.3 is 5.73 Å². The van der Waals surface area contributed by atoms with E-state index in [1.54, 1.807) is 0 Å². The van der Waals surface area contributed by atoms with Crippen molar-refractivity contribution in [3.05, 3.63) is 35.9 Å². The summed E-state index contributed by atoms with van der Waals surface area (Å²) in [6.45, 7) is 0.955. The maximum Gasteiger partial charge on any atom is 0.235 e. The molecule has 1 heterocycles. The summed E-state index contributed by atoms with van der Waals surface area (Å²) in [7, 11) is 1.98. The van der Waals surface area contributed by atoms with Gasteiger partial charge in [0.05, 0.1) is 6.04 Å². The van der Waals surface area contributed by atoms with Gasteiger partial charge in [-0.25, -0.2) is 0 Å². The molecular formula is C13H18N2O. The van der Waals surface area contributed by atoms with Gasteiger partial charge in [-0.1, -0.05) is 30.3 Å². The van der Waals surface area contributed by atoms with Gasteiger partial charge in [0.25, 0.3) is 0 Å². The molecule has 86 valence electrons. The Labute approximate surface area is 96.2 Å². The number of piperidine rings is 1. The normalized spacial score (nSPS) is 26.6. The van der Waals surface area contributed by atoms with Gasteiger partial charge in [0.1, 0.15) is 0 Å². The number of rotatable bonds is 2. The number of hydrogen-bond donors (Lipinski definition) is 1. The van der Waals surface area contributed by atoms with Crippen molar-refractivity contribution in [2.75, 3.05) is 13.6 Å². The van der Waals surface area contributed by atoms with E-state index < -0.39 is 0 Å². The van der Waals surface area contributed by atoms with Crippen LogP contribution in [-0.4, -0.2) is 30.4 Å². The van der Waals surface area contributed by atoms with Crippen molar-refractivity contribution in [1.82, 2.24) is 4.90 Å². The summed E-state index contributed by atoms with van der Waals surface area (Å²) in [5.74, 6) is 0.0357. The van der Waals surface area contributed by atoms with E-state index in [-0.39, 0.29) is 17.9 Å². The van der Waals surface area contributed by atoms with Gasteiger partial charge in [-0.15, -0.1) is 0 Å². The first-order valence-corrected chi connectivity index (χ1v) is 5.74. The molecule has 1 aliphatic rings. The van der Waals surface area contributed by atoms with Crippen LogP contribution < -0.4 is 5.73 Å². The number of likely N-dealkylation sites (tertiary alicyclic amines) is 1. The largest absolute Gasteiger partial charge is 0.368 e. The molecule has 1 amide bonds. The molecule has 2 atom stereocenters. The Morgan fingerprint density at radius 2 is 2.06 bits per heavy atom. The van der Waals surface area contributed by atoms with Crippen molar-refractivity contribution in [2.24, 2.45) is 5.73 Å².